The van der Waals surface area contributed by atoms with E-state index in [0.717, 1.165) is 13.0 Å². The highest BCUT2D eigenvalue weighted by molar-refractivity contribution is 5.93. The maximum Gasteiger partial charge on any atom is 0.251 e. The number of carbonyl (C=O) groups is 1. The van der Waals surface area contributed by atoms with Crippen LogP contribution in [0, 0.1) is 0 Å². The van der Waals surface area contributed by atoms with Gasteiger partial charge in [-0.05, 0) is 38.1 Å². The van der Waals surface area contributed by atoms with Crippen LogP contribution in [0.15, 0.2) is 24.5 Å². The van der Waals surface area contributed by atoms with Crippen LogP contribution < -0.4 is 5.32 Å². The Morgan fingerprint density at radius 3 is 2.45 bits per heavy atom. The highest BCUT2D eigenvalue weighted by atomic mass is 16.1. The molecule has 1 fully saturated rings. The normalized spacial score (nSPS) is 16.6. The quantitative estimate of drug-likeness (QED) is 0.742. The molecule has 5 nitrogen and oxygen atoms in total. The average molecular weight is 304 g/mol. The van der Waals surface area contributed by atoms with Crippen molar-refractivity contribution in [2.24, 2.45) is 0 Å². The standard InChI is InChI=1S/C17H28N4O/c1-2-20-12-14-21(15-13-20)11-5-3-4-8-19-17(22)16-6-9-18-10-7-16/h6-7,9-10H,2-5,8,11-15H2,1H3,(H,19,22). The summed E-state index contributed by atoms with van der Waals surface area (Å²) in [5.74, 6) is -0.00177. The fraction of sp³-hybridized carbons (Fsp3) is 0.647. The first kappa shape index (κ1) is 16.9. The Hall–Kier alpha value is -1.46. The van der Waals surface area contributed by atoms with Crippen LogP contribution in [0.2, 0.25) is 0 Å². The molecule has 0 atom stereocenters. The van der Waals surface area contributed by atoms with E-state index >= 15 is 0 Å². The lowest BCUT2D eigenvalue weighted by atomic mass is 10.2. The van der Waals surface area contributed by atoms with Crippen LogP contribution in [-0.2, 0) is 0 Å². The molecule has 0 radical (unpaired) electrons. The van der Waals surface area contributed by atoms with Crippen LogP contribution in [0.3, 0.4) is 0 Å². The second kappa shape index (κ2) is 9.54. The zero-order chi connectivity index (χ0) is 15.6. The van der Waals surface area contributed by atoms with E-state index in [4.69, 9.17) is 0 Å². The third-order valence-corrected chi connectivity index (χ3v) is 4.29. The zero-order valence-electron chi connectivity index (χ0n) is 13.6. The Morgan fingerprint density at radius 2 is 1.77 bits per heavy atom. The Kier molecular flexibility index (Phi) is 7.33. The second-order valence-corrected chi connectivity index (χ2v) is 5.83. The Morgan fingerprint density at radius 1 is 1.09 bits per heavy atom. The summed E-state index contributed by atoms with van der Waals surface area (Å²) < 4.78 is 0. The molecule has 1 N–H and O–H groups in total. The molecule has 0 aromatic carbocycles. The van der Waals surface area contributed by atoms with Gasteiger partial charge in [-0.2, -0.15) is 0 Å². The molecule has 0 aliphatic carbocycles. The molecule has 2 heterocycles. The van der Waals surface area contributed by atoms with Crippen molar-refractivity contribution in [2.75, 3.05) is 45.8 Å². The van der Waals surface area contributed by atoms with Gasteiger partial charge in [-0.25, -0.2) is 0 Å². The van der Waals surface area contributed by atoms with E-state index in [2.05, 4.69) is 27.0 Å². The minimum Gasteiger partial charge on any atom is -0.352 e. The minimum atomic E-state index is -0.00177. The molecule has 1 aromatic heterocycles. The van der Waals surface area contributed by atoms with Gasteiger partial charge in [0.15, 0.2) is 0 Å². The molecule has 22 heavy (non-hydrogen) atoms. The van der Waals surface area contributed by atoms with Crippen molar-refractivity contribution < 1.29 is 4.79 Å². The Bertz CT molecular complexity index is 430. The monoisotopic (exact) mass is 304 g/mol. The molecule has 0 unspecified atom stereocenters. The molecular formula is C17H28N4O. The van der Waals surface area contributed by atoms with Crippen molar-refractivity contribution in [1.29, 1.82) is 0 Å². The topological polar surface area (TPSA) is 48.5 Å². The number of carbonyl (C=O) groups excluding carboxylic acids is 1. The van der Waals surface area contributed by atoms with E-state index in [9.17, 15) is 4.79 Å². The number of amides is 1. The largest absolute Gasteiger partial charge is 0.352 e. The number of hydrogen-bond acceptors (Lipinski definition) is 4. The number of aromatic nitrogens is 1. The number of hydrogen-bond donors (Lipinski definition) is 1. The van der Waals surface area contributed by atoms with Crippen molar-refractivity contribution in [3.05, 3.63) is 30.1 Å². The van der Waals surface area contributed by atoms with Crippen molar-refractivity contribution in [3.63, 3.8) is 0 Å². The average Bonchev–Trinajstić information content (AvgIpc) is 2.59. The molecule has 0 bridgehead atoms. The first-order valence-corrected chi connectivity index (χ1v) is 8.42. The smallest absolute Gasteiger partial charge is 0.251 e. The summed E-state index contributed by atoms with van der Waals surface area (Å²) in [5, 5.41) is 2.96. The minimum absolute atomic E-state index is 0.00177. The van der Waals surface area contributed by atoms with Crippen molar-refractivity contribution in [2.45, 2.75) is 26.2 Å². The lowest BCUT2D eigenvalue weighted by molar-refractivity contribution is 0.0952. The van der Waals surface area contributed by atoms with Crippen molar-refractivity contribution in [3.8, 4) is 0 Å². The molecule has 1 saturated heterocycles. The molecule has 5 heteroatoms. The predicted molar refractivity (Wildman–Crippen MR) is 89.0 cm³/mol. The summed E-state index contributed by atoms with van der Waals surface area (Å²) in [6.07, 6.45) is 6.73. The molecule has 0 spiro atoms. The van der Waals surface area contributed by atoms with Gasteiger partial charge in [0, 0.05) is 50.7 Å². The van der Waals surface area contributed by atoms with Gasteiger partial charge < -0.3 is 15.1 Å². The van der Waals surface area contributed by atoms with E-state index < -0.39 is 0 Å². The lowest BCUT2D eigenvalue weighted by Crippen LogP contribution is -2.46. The van der Waals surface area contributed by atoms with Crippen LogP contribution in [0.25, 0.3) is 0 Å². The van der Waals surface area contributed by atoms with E-state index in [1.807, 2.05) is 0 Å². The molecule has 2 rings (SSSR count). The summed E-state index contributed by atoms with van der Waals surface area (Å²) >= 11 is 0. The van der Waals surface area contributed by atoms with Crippen LogP contribution in [0.4, 0.5) is 0 Å². The highest BCUT2D eigenvalue weighted by Gasteiger charge is 2.14. The number of rotatable bonds is 8. The van der Waals surface area contributed by atoms with Crippen molar-refractivity contribution in [1.82, 2.24) is 20.1 Å². The number of unbranched alkanes of at least 4 members (excludes halogenated alkanes) is 2. The first-order valence-electron chi connectivity index (χ1n) is 8.42. The SMILES string of the molecule is CCN1CCN(CCCCCNC(=O)c2ccncc2)CC1. The van der Waals surface area contributed by atoms with Gasteiger partial charge in [0.05, 0.1) is 0 Å². The fourth-order valence-corrected chi connectivity index (χ4v) is 2.77. The zero-order valence-corrected chi connectivity index (χ0v) is 13.6. The van der Waals surface area contributed by atoms with Gasteiger partial charge in [0.1, 0.15) is 0 Å². The van der Waals surface area contributed by atoms with E-state index in [-0.39, 0.29) is 5.91 Å². The molecular weight excluding hydrogens is 276 g/mol. The number of likely N-dealkylation sites (N-methyl/N-ethyl adjacent to an activating group) is 1. The number of nitrogens with one attached hydrogen (secondary N) is 1. The Balaban J connectivity index is 1.49. The highest BCUT2D eigenvalue weighted by Crippen LogP contribution is 2.04. The van der Waals surface area contributed by atoms with Gasteiger partial charge in [0.25, 0.3) is 5.91 Å². The number of pyridine rings is 1. The summed E-state index contributed by atoms with van der Waals surface area (Å²) in [6.45, 7) is 10.2. The number of piperazine rings is 1. The molecule has 0 saturated carbocycles. The van der Waals surface area contributed by atoms with Crippen LogP contribution in [0.5, 0.6) is 0 Å². The van der Waals surface area contributed by atoms with Gasteiger partial charge in [-0.1, -0.05) is 13.3 Å². The summed E-state index contributed by atoms with van der Waals surface area (Å²) in [5.41, 5.74) is 0.684. The number of nitrogens with zero attached hydrogens (tertiary/aromatic N) is 3. The van der Waals surface area contributed by atoms with Crippen molar-refractivity contribution >= 4 is 5.91 Å². The third-order valence-electron chi connectivity index (χ3n) is 4.29. The molecule has 1 aliphatic heterocycles. The molecule has 1 amide bonds. The van der Waals surface area contributed by atoms with Gasteiger partial charge >= 0.3 is 0 Å². The van der Waals surface area contributed by atoms with Crippen LogP contribution in [-0.4, -0.2) is 66.5 Å². The van der Waals surface area contributed by atoms with Gasteiger partial charge in [-0.15, -0.1) is 0 Å². The van der Waals surface area contributed by atoms with E-state index in [1.54, 1.807) is 24.5 Å². The van der Waals surface area contributed by atoms with Gasteiger partial charge in [0.2, 0.25) is 0 Å². The molecule has 1 aliphatic rings. The van der Waals surface area contributed by atoms with E-state index in [1.165, 1.54) is 52.1 Å². The molecule has 1 aromatic rings. The van der Waals surface area contributed by atoms with Crippen LogP contribution in [0.1, 0.15) is 36.5 Å². The maximum absolute atomic E-state index is 11.8. The second-order valence-electron chi connectivity index (χ2n) is 5.83. The summed E-state index contributed by atoms with van der Waals surface area (Å²) in [7, 11) is 0. The van der Waals surface area contributed by atoms with Gasteiger partial charge in [-0.3, -0.25) is 9.78 Å². The fourth-order valence-electron chi connectivity index (χ4n) is 2.77. The summed E-state index contributed by atoms with van der Waals surface area (Å²) in [4.78, 5) is 20.8. The first-order chi connectivity index (χ1) is 10.8. The van der Waals surface area contributed by atoms with Crippen LogP contribution >= 0.6 is 0 Å². The Labute approximate surface area is 133 Å². The lowest BCUT2D eigenvalue weighted by Gasteiger charge is -2.33. The predicted octanol–water partition coefficient (Wildman–Crippen LogP) is 1.62. The van der Waals surface area contributed by atoms with E-state index in [0.29, 0.717) is 5.56 Å². The molecule has 122 valence electrons. The maximum atomic E-state index is 11.8. The summed E-state index contributed by atoms with van der Waals surface area (Å²) in [6, 6.07) is 3.48. The third kappa shape index (κ3) is 5.73.